The average molecular weight is 285 g/mol. The van der Waals surface area contributed by atoms with E-state index in [2.05, 4.69) is 16.3 Å². The first-order valence-electron chi connectivity index (χ1n) is 7.09. The highest BCUT2D eigenvalue weighted by Gasteiger charge is 2.54. The summed E-state index contributed by atoms with van der Waals surface area (Å²) in [6.45, 7) is 0. The largest absolute Gasteiger partial charge is 0.293 e. The summed E-state index contributed by atoms with van der Waals surface area (Å²) >= 11 is 6.45. The Morgan fingerprint density at radius 1 is 1.40 bits per heavy atom. The first-order valence-corrected chi connectivity index (χ1v) is 7.47. The van der Waals surface area contributed by atoms with Gasteiger partial charge in [0.2, 0.25) is 0 Å². The van der Waals surface area contributed by atoms with Crippen molar-refractivity contribution in [1.82, 2.24) is 10.2 Å². The Morgan fingerprint density at radius 2 is 2.30 bits per heavy atom. The summed E-state index contributed by atoms with van der Waals surface area (Å²) < 4.78 is 0. The van der Waals surface area contributed by atoms with E-state index in [1.165, 1.54) is 16.5 Å². The molecule has 0 radical (unpaired) electrons. The summed E-state index contributed by atoms with van der Waals surface area (Å²) in [6.07, 6.45) is 5.95. The van der Waals surface area contributed by atoms with Gasteiger partial charge in [0.05, 0.1) is 16.7 Å². The van der Waals surface area contributed by atoms with Gasteiger partial charge in [0, 0.05) is 16.7 Å². The number of fused-ring (bicyclic) bond motifs is 5. The molecule has 0 aliphatic heterocycles. The summed E-state index contributed by atoms with van der Waals surface area (Å²) in [5.41, 5.74) is 4.80. The second-order valence-corrected chi connectivity index (χ2v) is 6.75. The number of hydrogen-bond acceptors (Lipinski definition) is 2. The van der Waals surface area contributed by atoms with Crippen molar-refractivity contribution in [3.63, 3.8) is 0 Å². The van der Waals surface area contributed by atoms with Gasteiger partial charge in [-0.15, -0.1) is 0 Å². The third kappa shape index (κ3) is 1.10. The molecule has 5 rings (SSSR count). The van der Waals surface area contributed by atoms with E-state index < -0.39 is 0 Å². The molecule has 2 bridgehead atoms. The van der Waals surface area contributed by atoms with Crippen LogP contribution in [0.15, 0.2) is 23.4 Å². The van der Waals surface area contributed by atoms with Crippen LogP contribution in [0.3, 0.4) is 0 Å². The van der Waals surface area contributed by atoms with Crippen molar-refractivity contribution in [2.24, 2.45) is 11.3 Å². The number of hydrogen-bond donors (Lipinski definition) is 1. The first-order chi connectivity index (χ1) is 9.70. The third-order valence-electron chi connectivity index (χ3n) is 5.47. The Hall–Kier alpha value is -1.61. The minimum Gasteiger partial charge on any atom is -0.293 e. The number of nitrogens with zero attached hydrogens (tertiary/aromatic N) is 1. The minimum absolute atomic E-state index is 0.115. The molecule has 0 saturated heterocycles. The maximum atomic E-state index is 12.3. The molecule has 3 aliphatic rings. The number of allylic oxidation sites excluding steroid dienone is 2. The zero-order chi connectivity index (χ0) is 13.5. The molecule has 1 spiro atoms. The summed E-state index contributed by atoms with van der Waals surface area (Å²) in [6, 6.07) is 4.15. The number of rotatable bonds is 0. The van der Waals surface area contributed by atoms with Gasteiger partial charge in [0.1, 0.15) is 0 Å². The summed E-state index contributed by atoms with van der Waals surface area (Å²) in [5, 5.41) is 8.85. The minimum atomic E-state index is 0.115. The number of benzene rings is 1. The Labute approximate surface area is 121 Å². The van der Waals surface area contributed by atoms with Gasteiger partial charge in [0.15, 0.2) is 5.78 Å². The molecule has 3 aliphatic carbocycles. The SMILES string of the molecule is O=C1C(Cl)=C2c3ccc4[nH]ncc4c3C[C@@]23CC[C@H]1C3. The number of aromatic amines is 1. The van der Waals surface area contributed by atoms with Gasteiger partial charge < -0.3 is 0 Å². The molecule has 3 nitrogen and oxygen atoms in total. The number of nitrogens with one attached hydrogen (secondary N) is 1. The van der Waals surface area contributed by atoms with Crippen molar-refractivity contribution in [3.8, 4) is 0 Å². The number of Topliss-reactive ketones (excluding diaryl/α,β-unsaturated/α-hetero) is 1. The molecule has 2 aromatic rings. The molecule has 0 amide bonds. The van der Waals surface area contributed by atoms with Crippen LogP contribution in [0.4, 0.5) is 0 Å². The molecule has 1 N–H and O–H groups in total. The number of halogens is 1. The van der Waals surface area contributed by atoms with Crippen molar-refractivity contribution in [3.05, 3.63) is 34.5 Å². The summed E-state index contributed by atoms with van der Waals surface area (Å²) in [5.74, 6) is 0.315. The topological polar surface area (TPSA) is 45.8 Å². The molecular formula is C16H13ClN2O. The quantitative estimate of drug-likeness (QED) is 0.805. The zero-order valence-electron chi connectivity index (χ0n) is 10.9. The van der Waals surface area contributed by atoms with Gasteiger partial charge in [-0.1, -0.05) is 17.7 Å². The molecule has 2 atom stereocenters. The fourth-order valence-electron chi connectivity index (χ4n) is 4.60. The van der Waals surface area contributed by atoms with Crippen LogP contribution in [-0.2, 0) is 11.2 Å². The highest BCUT2D eigenvalue weighted by molar-refractivity contribution is 6.46. The highest BCUT2D eigenvalue weighted by atomic mass is 35.5. The number of carbonyl (C=O) groups excluding carboxylic acids is 1. The van der Waals surface area contributed by atoms with Crippen LogP contribution in [0, 0.1) is 11.3 Å². The number of carbonyl (C=O) groups is 1. The molecule has 0 unspecified atom stereocenters. The fraction of sp³-hybridized carbons (Fsp3) is 0.375. The molecule has 1 fully saturated rings. The lowest BCUT2D eigenvalue weighted by Crippen LogP contribution is -2.25. The van der Waals surface area contributed by atoms with Crippen LogP contribution < -0.4 is 0 Å². The van der Waals surface area contributed by atoms with Gasteiger partial charge >= 0.3 is 0 Å². The lowest BCUT2D eigenvalue weighted by atomic mass is 9.74. The van der Waals surface area contributed by atoms with Crippen molar-refractivity contribution >= 4 is 33.9 Å². The van der Waals surface area contributed by atoms with E-state index in [1.54, 1.807) is 0 Å². The van der Waals surface area contributed by atoms with Gasteiger partial charge in [0.25, 0.3) is 0 Å². The molecule has 4 heteroatoms. The van der Waals surface area contributed by atoms with Gasteiger partial charge in [-0.2, -0.15) is 5.10 Å². The highest BCUT2D eigenvalue weighted by Crippen LogP contribution is 2.63. The Bertz CT molecular complexity index is 819. The molecule has 1 aromatic carbocycles. The van der Waals surface area contributed by atoms with Crippen molar-refractivity contribution in [2.45, 2.75) is 25.7 Å². The van der Waals surface area contributed by atoms with Crippen LogP contribution in [0.5, 0.6) is 0 Å². The third-order valence-corrected chi connectivity index (χ3v) is 5.84. The van der Waals surface area contributed by atoms with E-state index in [0.717, 1.165) is 36.8 Å². The molecule has 1 heterocycles. The predicted molar refractivity (Wildman–Crippen MR) is 77.4 cm³/mol. The van der Waals surface area contributed by atoms with Gasteiger partial charge in [-0.05, 0) is 48.4 Å². The van der Waals surface area contributed by atoms with Crippen LogP contribution in [-0.4, -0.2) is 16.0 Å². The number of ketones is 1. The van der Waals surface area contributed by atoms with E-state index in [1.807, 2.05) is 12.3 Å². The van der Waals surface area contributed by atoms with E-state index in [4.69, 9.17) is 11.6 Å². The normalized spacial score (nSPS) is 31.1. The smallest absolute Gasteiger partial charge is 0.177 e. The van der Waals surface area contributed by atoms with Crippen LogP contribution in [0.25, 0.3) is 16.5 Å². The fourth-order valence-corrected chi connectivity index (χ4v) is 5.06. The maximum Gasteiger partial charge on any atom is 0.177 e. The second kappa shape index (κ2) is 3.34. The standard InChI is InChI=1S/C16H13ClN2O/c17-14-13-9-1-2-12-11(7-18-19-12)10(9)6-16(13)4-3-8(5-16)15(14)20/h1-2,7-8H,3-6H2,(H,18,19)/t8-,16-/m0/s1. The second-order valence-electron chi connectivity index (χ2n) is 6.37. The van der Waals surface area contributed by atoms with E-state index in [-0.39, 0.29) is 17.1 Å². The Morgan fingerprint density at radius 3 is 3.20 bits per heavy atom. The number of aromatic nitrogens is 2. The van der Waals surface area contributed by atoms with Crippen LogP contribution in [0.1, 0.15) is 30.4 Å². The lowest BCUT2D eigenvalue weighted by Gasteiger charge is -2.30. The van der Waals surface area contributed by atoms with Gasteiger partial charge in [-0.3, -0.25) is 9.89 Å². The monoisotopic (exact) mass is 284 g/mol. The van der Waals surface area contributed by atoms with E-state index >= 15 is 0 Å². The predicted octanol–water partition coefficient (Wildman–Crippen LogP) is 3.44. The maximum absolute atomic E-state index is 12.3. The molecule has 1 aromatic heterocycles. The first kappa shape index (κ1) is 11.1. The number of H-pyrrole nitrogens is 1. The van der Waals surface area contributed by atoms with Crippen molar-refractivity contribution in [2.75, 3.05) is 0 Å². The summed E-state index contributed by atoms with van der Waals surface area (Å²) in [7, 11) is 0. The van der Waals surface area contributed by atoms with Crippen LogP contribution >= 0.6 is 11.6 Å². The van der Waals surface area contributed by atoms with E-state index in [9.17, 15) is 4.79 Å². The average Bonchev–Trinajstić information content (AvgIpc) is 3.11. The molecule has 20 heavy (non-hydrogen) atoms. The lowest BCUT2D eigenvalue weighted by molar-refractivity contribution is -0.118. The van der Waals surface area contributed by atoms with Crippen LogP contribution in [0.2, 0.25) is 0 Å². The van der Waals surface area contributed by atoms with Crippen molar-refractivity contribution < 1.29 is 4.79 Å². The molecule has 100 valence electrons. The summed E-state index contributed by atoms with van der Waals surface area (Å²) in [4.78, 5) is 12.3. The Kier molecular flexibility index (Phi) is 1.85. The van der Waals surface area contributed by atoms with Gasteiger partial charge in [-0.25, -0.2) is 0 Å². The zero-order valence-corrected chi connectivity index (χ0v) is 11.6. The molecular weight excluding hydrogens is 272 g/mol. The van der Waals surface area contributed by atoms with E-state index in [0.29, 0.717) is 5.03 Å². The Balaban J connectivity index is 1.88. The van der Waals surface area contributed by atoms with Crippen molar-refractivity contribution in [1.29, 1.82) is 0 Å². The molecule has 1 saturated carbocycles.